The van der Waals surface area contributed by atoms with E-state index in [1.807, 2.05) is 0 Å². The van der Waals surface area contributed by atoms with Crippen LogP contribution in [0.15, 0.2) is 22.7 Å². The number of benzene rings is 1. The maximum atomic E-state index is 13.3. The highest BCUT2D eigenvalue weighted by Gasteiger charge is 2.26. The van der Waals surface area contributed by atoms with E-state index in [0.717, 1.165) is 19.3 Å². The summed E-state index contributed by atoms with van der Waals surface area (Å²) in [6, 6.07) is 4.34. The Morgan fingerprint density at radius 2 is 2.22 bits per heavy atom. The molecule has 1 saturated heterocycles. The van der Waals surface area contributed by atoms with Crippen LogP contribution >= 0.6 is 15.9 Å². The largest absolute Gasteiger partial charge is 0.334 e. The minimum absolute atomic E-state index is 0.0771. The van der Waals surface area contributed by atoms with Gasteiger partial charge in [-0.2, -0.15) is 0 Å². The molecule has 2 rings (SSSR count). The third-order valence-electron chi connectivity index (χ3n) is 3.27. The highest BCUT2D eigenvalue weighted by atomic mass is 79.9. The Labute approximate surface area is 114 Å². The van der Waals surface area contributed by atoms with Crippen LogP contribution in [-0.2, 0) is 0 Å². The first-order valence-electron chi connectivity index (χ1n) is 6.09. The highest BCUT2D eigenvalue weighted by molar-refractivity contribution is 9.10. The summed E-state index contributed by atoms with van der Waals surface area (Å²) in [5, 5.41) is 0. The monoisotopic (exact) mass is 314 g/mol. The number of rotatable bonds is 2. The first-order chi connectivity index (χ1) is 8.61. The summed E-state index contributed by atoms with van der Waals surface area (Å²) >= 11 is 3.20. The average molecular weight is 315 g/mol. The highest BCUT2D eigenvalue weighted by Crippen LogP contribution is 2.21. The smallest absolute Gasteiger partial charge is 0.254 e. The molecule has 0 aromatic heterocycles. The summed E-state index contributed by atoms with van der Waals surface area (Å²) in [6.45, 7) is 1.16. The molecule has 98 valence electrons. The van der Waals surface area contributed by atoms with Crippen LogP contribution in [0.5, 0.6) is 0 Å². The third kappa shape index (κ3) is 2.90. The fourth-order valence-electron chi connectivity index (χ4n) is 2.36. The summed E-state index contributed by atoms with van der Waals surface area (Å²) < 4.78 is 13.9. The molecule has 1 fully saturated rings. The number of carbonyl (C=O) groups excluding carboxylic acids is 1. The van der Waals surface area contributed by atoms with Gasteiger partial charge in [-0.3, -0.25) is 4.79 Å². The topological polar surface area (TPSA) is 46.3 Å². The van der Waals surface area contributed by atoms with Gasteiger partial charge in [-0.05, 0) is 37.5 Å². The predicted octanol–water partition coefficient (Wildman–Crippen LogP) is 2.54. The Morgan fingerprint density at radius 3 is 2.89 bits per heavy atom. The molecule has 1 aromatic rings. The molecule has 0 aliphatic carbocycles. The SMILES string of the molecule is NC[C@@H]1CCCCN1C(=O)c1cc(F)cc(Br)c1. The van der Waals surface area contributed by atoms with Crippen molar-refractivity contribution in [2.75, 3.05) is 13.1 Å². The van der Waals surface area contributed by atoms with E-state index >= 15 is 0 Å². The fraction of sp³-hybridized carbons (Fsp3) is 0.462. The molecule has 0 unspecified atom stereocenters. The van der Waals surface area contributed by atoms with Gasteiger partial charge in [-0.15, -0.1) is 0 Å². The van der Waals surface area contributed by atoms with E-state index in [4.69, 9.17) is 5.73 Å². The maximum Gasteiger partial charge on any atom is 0.254 e. The first-order valence-corrected chi connectivity index (χ1v) is 6.88. The van der Waals surface area contributed by atoms with Gasteiger partial charge in [-0.1, -0.05) is 15.9 Å². The minimum Gasteiger partial charge on any atom is -0.334 e. The summed E-state index contributed by atoms with van der Waals surface area (Å²) in [5.74, 6) is -0.542. The third-order valence-corrected chi connectivity index (χ3v) is 3.73. The standard InChI is InChI=1S/C13H16BrFN2O/c14-10-5-9(6-11(15)7-10)13(18)17-4-2-1-3-12(17)8-16/h5-7,12H,1-4,8,16H2/t12-/m0/s1. The van der Waals surface area contributed by atoms with Crippen LogP contribution in [0.1, 0.15) is 29.6 Å². The minimum atomic E-state index is -0.408. The van der Waals surface area contributed by atoms with Crippen molar-refractivity contribution in [3.8, 4) is 0 Å². The molecule has 1 aliphatic rings. The zero-order valence-electron chi connectivity index (χ0n) is 10.0. The van der Waals surface area contributed by atoms with Gasteiger partial charge in [0, 0.05) is 29.2 Å². The quantitative estimate of drug-likeness (QED) is 0.912. The van der Waals surface area contributed by atoms with Gasteiger partial charge in [0.2, 0.25) is 0 Å². The van der Waals surface area contributed by atoms with Crippen molar-refractivity contribution >= 4 is 21.8 Å². The number of hydrogen-bond donors (Lipinski definition) is 1. The summed E-state index contributed by atoms with van der Waals surface area (Å²) in [4.78, 5) is 14.1. The van der Waals surface area contributed by atoms with Crippen molar-refractivity contribution < 1.29 is 9.18 Å². The fourth-order valence-corrected chi connectivity index (χ4v) is 2.82. The number of carbonyl (C=O) groups is 1. The van der Waals surface area contributed by atoms with Crippen molar-refractivity contribution in [2.45, 2.75) is 25.3 Å². The Kier molecular flexibility index (Phi) is 4.35. The number of nitrogens with zero attached hydrogens (tertiary/aromatic N) is 1. The van der Waals surface area contributed by atoms with Crippen LogP contribution in [0, 0.1) is 5.82 Å². The Morgan fingerprint density at radius 1 is 1.44 bits per heavy atom. The molecule has 1 aliphatic heterocycles. The van der Waals surface area contributed by atoms with Crippen LogP contribution in [0.3, 0.4) is 0 Å². The lowest BCUT2D eigenvalue weighted by Gasteiger charge is -2.35. The molecular weight excluding hydrogens is 299 g/mol. The van der Waals surface area contributed by atoms with Crippen LogP contribution in [0.2, 0.25) is 0 Å². The Hall–Kier alpha value is -0.940. The molecule has 1 amide bonds. The first kappa shape index (κ1) is 13.5. The zero-order valence-corrected chi connectivity index (χ0v) is 11.6. The lowest BCUT2D eigenvalue weighted by Crippen LogP contribution is -2.47. The molecule has 0 bridgehead atoms. The summed E-state index contributed by atoms with van der Waals surface area (Å²) in [5.41, 5.74) is 6.07. The second-order valence-electron chi connectivity index (χ2n) is 4.54. The van der Waals surface area contributed by atoms with E-state index in [2.05, 4.69) is 15.9 Å². The molecule has 1 heterocycles. The normalized spacial score (nSPS) is 19.9. The maximum absolute atomic E-state index is 13.3. The molecule has 0 radical (unpaired) electrons. The lowest BCUT2D eigenvalue weighted by molar-refractivity contribution is 0.0623. The lowest BCUT2D eigenvalue weighted by atomic mass is 10.0. The number of nitrogens with two attached hydrogens (primary N) is 1. The Bertz CT molecular complexity index is 432. The molecule has 0 saturated carbocycles. The van der Waals surface area contributed by atoms with Gasteiger partial charge in [0.15, 0.2) is 0 Å². The molecule has 18 heavy (non-hydrogen) atoms. The molecule has 2 N–H and O–H groups in total. The van der Waals surface area contributed by atoms with E-state index in [1.165, 1.54) is 12.1 Å². The van der Waals surface area contributed by atoms with Gasteiger partial charge in [0.25, 0.3) is 5.91 Å². The van der Waals surface area contributed by atoms with Crippen LogP contribution in [-0.4, -0.2) is 29.9 Å². The van der Waals surface area contributed by atoms with E-state index in [1.54, 1.807) is 11.0 Å². The van der Waals surface area contributed by atoms with Gasteiger partial charge in [0.05, 0.1) is 0 Å². The van der Waals surface area contributed by atoms with Crippen LogP contribution in [0.4, 0.5) is 4.39 Å². The zero-order chi connectivity index (χ0) is 13.1. The molecule has 1 aromatic carbocycles. The molecular formula is C13H16BrFN2O. The van der Waals surface area contributed by atoms with Gasteiger partial charge in [-0.25, -0.2) is 4.39 Å². The van der Waals surface area contributed by atoms with E-state index < -0.39 is 5.82 Å². The van der Waals surface area contributed by atoms with Crippen molar-refractivity contribution in [2.24, 2.45) is 5.73 Å². The number of halogens is 2. The second-order valence-corrected chi connectivity index (χ2v) is 5.46. The molecule has 5 heteroatoms. The number of likely N-dealkylation sites (tertiary alicyclic amines) is 1. The second kappa shape index (κ2) is 5.80. The molecule has 3 nitrogen and oxygen atoms in total. The summed E-state index contributed by atoms with van der Waals surface area (Å²) in [6.07, 6.45) is 3.01. The van der Waals surface area contributed by atoms with E-state index in [9.17, 15) is 9.18 Å². The number of piperidine rings is 1. The van der Waals surface area contributed by atoms with Gasteiger partial charge >= 0.3 is 0 Å². The predicted molar refractivity (Wildman–Crippen MR) is 71.8 cm³/mol. The number of amides is 1. The van der Waals surface area contributed by atoms with Crippen LogP contribution in [0.25, 0.3) is 0 Å². The average Bonchev–Trinajstić information content (AvgIpc) is 2.36. The van der Waals surface area contributed by atoms with Crippen LogP contribution < -0.4 is 5.73 Å². The van der Waals surface area contributed by atoms with Crippen molar-refractivity contribution in [3.05, 3.63) is 34.1 Å². The van der Waals surface area contributed by atoms with E-state index in [-0.39, 0.29) is 11.9 Å². The van der Waals surface area contributed by atoms with Crippen molar-refractivity contribution in [1.82, 2.24) is 4.90 Å². The van der Waals surface area contributed by atoms with Gasteiger partial charge < -0.3 is 10.6 Å². The molecule has 0 spiro atoms. The van der Waals surface area contributed by atoms with Gasteiger partial charge in [0.1, 0.15) is 5.82 Å². The Balaban J connectivity index is 2.23. The molecule has 1 atom stereocenters. The number of hydrogen-bond acceptors (Lipinski definition) is 2. The van der Waals surface area contributed by atoms with Crippen molar-refractivity contribution in [3.63, 3.8) is 0 Å². The van der Waals surface area contributed by atoms with Crippen molar-refractivity contribution in [1.29, 1.82) is 0 Å². The van der Waals surface area contributed by atoms with E-state index in [0.29, 0.717) is 23.1 Å². The summed E-state index contributed by atoms with van der Waals surface area (Å²) in [7, 11) is 0.